The van der Waals surface area contributed by atoms with E-state index in [0.717, 1.165) is 9.87 Å². The Morgan fingerprint density at radius 2 is 1.54 bits per heavy atom. The lowest BCUT2D eigenvalue weighted by Gasteiger charge is -2.33. The molecule has 0 aliphatic heterocycles. The van der Waals surface area contributed by atoms with E-state index in [9.17, 15) is 18.0 Å². The minimum absolute atomic E-state index is 0.0184. The lowest BCUT2D eigenvalue weighted by atomic mass is 10.1. The van der Waals surface area contributed by atoms with Crippen molar-refractivity contribution in [2.75, 3.05) is 17.4 Å². The Morgan fingerprint density at radius 3 is 2.15 bits per heavy atom. The van der Waals surface area contributed by atoms with Crippen molar-refractivity contribution in [3.63, 3.8) is 0 Å². The van der Waals surface area contributed by atoms with E-state index < -0.39 is 28.5 Å². The first-order valence-electron chi connectivity index (χ1n) is 12.9. The largest absolute Gasteiger partial charge is 0.354 e. The first kappa shape index (κ1) is 33.0. The zero-order valence-corrected chi connectivity index (χ0v) is 26.7. The Morgan fingerprint density at radius 1 is 0.878 bits per heavy atom. The van der Waals surface area contributed by atoms with Crippen molar-refractivity contribution in [3.05, 3.63) is 91.9 Å². The summed E-state index contributed by atoms with van der Waals surface area (Å²) < 4.78 is 28.8. The fourth-order valence-corrected chi connectivity index (χ4v) is 6.33. The summed E-state index contributed by atoms with van der Waals surface area (Å²) >= 11 is 25.0. The maximum absolute atomic E-state index is 14.1. The average Bonchev–Trinajstić information content (AvgIpc) is 2.93. The van der Waals surface area contributed by atoms with Crippen LogP contribution in [-0.4, -0.2) is 44.3 Å². The highest BCUT2D eigenvalue weighted by Crippen LogP contribution is 2.33. The van der Waals surface area contributed by atoms with E-state index in [1.165, 1.54) is 35.2 Å². The smallest absolute Gasteiger partial charge is 0.264 e. The number of halogens is 4. The van der Waals surface area contributed by atoms with Crippen LogP contribution in [-0.2, 0) is 26.2 Å². The lowest BCUT2D eigenvalue weighted by Crippen LogP contribution is -2.52. The summed E-state index contributed by atoms with van der Waals surface area (Å²) in [6, 6.07) is 14.6. The fraction of sp³-hybridized carbons (Fsp3) is 0.310. The van der Waals surface area contributed by atoms with Crippen molar-refractivity contribution < 1.29 is 18.0 Å². The van der Waals surface area contributed by atoms with Crippen LogP contribution in [0.2, 0.25) is 20.1 Å². The highest BCUT2D eigenvalue weighted by molar-refractivity contribution is 7.92. The van der Waals surface area contributed by atoms with Gasteiger partial charge in [0.05, 0.1) is 25.7 Å². The third kappa shape index (κ3) is 8.30. The van der Waals surface area contributed by atoms with Crippen LogP contribution in [0.15, 0.2) is 65.6 Å². The van der Waals surface area contributed by atoms with Crippen molar-refractivity contribution in [2.24, 2.45) is 0 Å². The molecule has 3 aromatic rings. The third-order valence-electron chi connectivity index (χ3n) is 6.34. The SMILES string of the molecule is CCCNC(=O)[C@H](CC)N(Cc1ccc(Cl)c(Cl)c1)C(=O)CN(c1cc(Cl)ccc1Cl)S(=O)(=O)c1ccc(C)cc1. The number of nitrogens with zero attached hydrogens (tertiary/aromatic N) is 2. The van der Waals surface area contributed by atoms with Gasteiger partial charge in [0.2, 0.25) is 11.8 Å². The minimum atomic E-state index is -4.29. The van der Waals surface area contributed by atoms with Gasteiger partial charge < -0.3 is 10.2 Å². The molecule has 0 heterocycles. The summed E-state index contributed by atoms with van der Waals surface area (Å²) in [6.45, 7) is 5.30. The topological polar surface area (TPSA) is 86.8 Å². The van der Waals surface area contributed by atoms with Crippen molar-refractivity contribution in [1.82, 2.24) is 10.2 Å². The number of amides is 2. The Hall–Kier alpha value is -2.49. The summed E-state index contributed by atoms with van der Waals surface area (Å²) in [7, 11) is -4.29. The molecule has 0 saturated carbocycles. The number of aryl methyl sites for hydroxylation is 1. The van der Waals surface area contributed by atoms with Gasteiger partial charge in [-0.05, 0) is 67.8 Å². The molecule has 0 radical (unpaired) electrons. The molecule has 0 aliphatic carbocycles. The number of anilines is 1. The van der Waals surface area contributed by atoms with E-state index in [0.29, 0.717) is 23.6 Å². The maximum atomic E-state index is 14.1. The molecule has 1 N–H and O–H groups in total. The molecule has 0 saturated heterocycles. The molecule has 0 aliphatic rings. The summed E-state index contributed by atoms with van der Waals surface area (Å²) in [5, 5.41) is 3.78. The van der Waals surface area contributed by atoms with E-state index in [1.807, 2.05) is 13.8 Å². The number of hydrogen-bond donors (Lipinski definition) is 1. The maximum Gasteiger partial charge on any atom is 0.264 e. The molecule has 12 heteroatoms. The van der Waals surface area contributed by atoms with E-state index in [1.54, 1.807) is 37.3 Å². The number of carbonyl (C=O) groups excluding carboxylic acids is 2. The van der Waals surface area contributed by atoms with E-state index >= 15 is 0 Å². The summed E-state index contributed by atoms with van der Waals surface area (Å²) in [5.41, 5.74) is 1.51. The van der Waals surface area contributed by atoms with E-state index in [-0.39, 0.29) is 44.5 Å². The van der Waals surface area contributed by atoms with E-state index in [4.69, 9.17) is 46.4 Å². The van der Waals surface area contributed by atoms with Gasteiger partial charge in [-0.15, -0.1) is 0 Å². The summed E-state index contributed by atoms with van der Waals surface area (Å²) in [5.74, 6) is -0.974. The Balaban J connectivity index is 2.11. The summed E-state index contributed by atoms with van der Waals surface area (Å²) in [4.78, 5) is 28.6. The number of benzene rings is 3. The van der Waals surface area contributed by atoms with Crippen LogP contribution in [0.4, 0.5) is 5.69 Å². The monoisotopic (exact) mass is 657 g/mol. The molecule has 1 atom stereocenters. The molecule has 2 amide bonds. The second kappa shape index (κ2) is 14.6. The molecule has 0 spiro atoms. The first-order valence-corrected chi connectivity index (χ1v) is 15.9. The Kier molecular flexibility index (Phi) is 11.8. The predicted molar refractivity (Wildman–Crippen MR) is 167 cm³/mol. The molecule has 0 bridgehead atoms. The van der Waals surface area contributed by atoms with Crippen LogP contribution in [0.5, 0.6) is 0 Å². The lowest BCUT2D eigenvalue weighted by molar-refractivity contribution is -0.140. The van der Waals surface area contributed by atoms with Gasteiger partial charge in [0.15, 0.2) is 0 Å². The Bertz CT molecular complexity index is 1500. The van der Waals surface area contributed by atoms with Crippen LogP contribution < -0.4 is 9.62 Å². The zero-order chi connectivity index (χ0) is 30.3. The summed E-state index contributed by atoms with van der Waals surface area (Å²) in [6.07, 6.45) is 0.990. The molecule has 220 valence electrons. The molecule has 41 heavy (non-hydrogen) atoms. The van der Waals surface area contributed by atoms with Gasteiger partial charge >= 0.3 is 0 Å². The number of hydrogen-bond acceptors (Lipinski definition) is 4. The van der Waals surface area contributed by atoms with Crippen LogP contribution in [0.1, 0.15) is 37.8 Å². The van der Waals surface area contributed by atoms with Gasteiger partial charge in [-0.1, -0.05) is 84.0 Å². The molecule has 0 unspecified atom stereocenters. The quantitative estimate of drug-likeness (QED) is 0.224. The average molecular weight is 659 g/mol. The van der Waals surface area contributed by atoms with Crippen LogP contribution in [0, 0.1) is 6.92 Å². The predicted octanol–water partition coefficient (Wildman–Crippen LogP) is 7.14. The van der Waals surface area contributed by atoms with Gasteiger partial charge in [-0.2, -0.15) is 0 Å². The number of nitrogens with one attached hydrogen (secondary N) is 1. The van der Waals surface area contributed by atoms with Crippen LogP contribution in [0.3, 0.4) is 0 Å². The highest BCUT2D eigenvalue weighted by Gasteiger charge is 2.34. The molecule has 7 nitrogen and oxygen atoms in total. The number of sulfonamides is 1. The van der Waals surface area contributed by atoms with Crippen molar-refractivity contribution >= 4 is 73.9 Å². The zero-order valence-electron chi connectivity index (χ0n) is 22.8. The second-order valence-corrected chi connectivity index (χ2v) is 12.9. The molecule has 0 fully saturated rings. The second-order valence-electron chi connectivity index (χ2n) is 9.41. The molecule has 3 aromatic carbocycles. The fourth-order valence-electron chi connectivity index (χ4n) is 4.15. The Labute approximate surface area is 261 Å². The van der Waals surface area contributed by atoms with Gasteiger partial charge in [-0.25, -0.2) is 8.42 Å². The van der Waals surface area contributed by atoms with Crippen LogP contribution in [0.25, 0.3) is 0 Å². The van der Waals surface area contributed by atoms with Gasteiger partial charge in [0, 0.05) is 18.1 Å². The van der Waals surface area contributed by atoms with Crippen molar-refractivity contribution in [2.45, 2.75) is 51.1 Å². The van der Waals surface area contributed by atoms with Crippen molar-refractivity contribution in [3.8, 4) is 0 Å². The molecule has 0 aromatic heterocycles. The molecular weight excluding hydrogens is 628 g/mol. The van der Waals surface area contributed by atoms with E-state index in [2.05, 4.69) is 5.32 Å². The van der Waals surface area contributed by atoms with Crippen molar-refractivity contribution in [1.29, 1.82) is 0 Å². The van der Waals surface area contributed by atoms with Gasteiger partial charge in [0.1, 0.15) is 12.6 Å². The molecular formula is C29H31Cl4N3O4S. The van der Waals surface area contributed by atoms with Gasteiger partial charge in [0.25, 0.3) is 10.0 Å². The standard InChI is InChI=1S/C29H31Cl4N3O4S/c1-4-14-34-29(38)26(5-2)35(17-20-8-12-23(31)25(33)15-20)28(37)18-36(27-16-21(30)9-13-24(27)32)41(39,40)22-10-6-19(3)7-11-22/h6-13,15-16,26H,4-5,14,17-18H2,1-3H3,(H,34,38)/t26-/m0/s1. The highest BCUT2D eigenvalue weighted by atomic mass is 35.5. The first-order chi connectivity index (χ1) is 19.4. The van der Waals surface area contributed by atoms with Gasteiger partial charge in [-0.3, -0.25) is 13.9 Å². The normalized spacial score (nSPS) is 12.1. The number of carbonyl (C=O) groups is 2. The van der Waals surface area contributed by atoms with Crippen LogP contribution >= 0.6 is 46.4 Å². The molecule has 3 rings (SSSR count). The number of rotatable bonds is 12. The third-order valence-corrected chi connectivity index (χ3v) is 9.40. The minimum Gasteiger partial charge on any atom is -0.354 e.